The molecule has 154 valence electrons. The van der Waals surface area contributed by atoms with E-state index in [0.717, 1.165) is 76.5 Å². The average molecular weight is 492 g/mol. The van der Waals surface area contributed by atoms with Crippen molar-refractivity contribution in [2.75, 3.05) is 46.4 Å². The highest BCUT2D eigenvalue weighted by atomic mass is 127. The Morgan fingerprint density at radius 3 is 2.78 bits per heavy atom. The van der Waals surface area contributed by atoms with E-state index in [1.165, 1.54) is 6.07 Å². The number of rotatable bonds is 9. The number of piperidine rings is 1. The van der Waals surface area contributed by atoms with Gasteiger partial charge in [-0.2, -0.15) is 0 Å². The summed E-state index contributed by atoms with van der Waals surface area (Å²) in [5.74, 6) is 0.722. The van der Waals surface area contributed by atoms with Crippen molar-refractivity contribution in [1.82, 2.24) is 15.5 Å². The topological polar surface area (TPSA) is 48.9 Å². The molecule has 0 aromatic heterocycles. The van der Waals surface area contributed by atoms with E-state index in [4.69, 9.17) is 4.74 Å². The molecule has 0 saturated carbocycles. The molecule has 1 fully saturated rings. The number of hydrogen-bond acceptors (Lipinski definition) is 3. The number of nitrogens with zero attached hydrogens (tertiary/aromatic N) is 2. The maximum atomic E-state index is 13.2. The van der Waals surface area contributed by atoms with E-state index < -0.39 is 0 Å². The normalized spacial score (nSPS) is 16.0. The van der Waals surface area contributed by atoms with Gasteiger partial charge in [0.2, 0.25) is 0 Å². The monoisotopic (exact) mass is 492 g/mol. The van der Waals surface area contributed by atoms with Gasteiger partial charge < -0.3 is 20.3 Å². The van der Waals surface area contributed by atoms with Crippen LogP contribution in [-0.4, -0.2) is 63.3 Å². The van der Waals surface area contributed by atoms with Crippen LogP contribution in [0.25, 0.3) is 0 Å². The Morgan fingerprint density at radius 2 is 2.11 bits per heavy atom. The Hall–Kier alpha value is -0.930. The highest BCUT2D eigenvalue weighted by molar-refractivity contribution is 14.0. The Bertz CT molecular complexity index is 551. The molecule has 0 radical (unpaired) electrons. The highest BCUT2D eigenvalue weighted by Crippen LogP contribution is 2.10. The van der Waals surface area contributed by atoms with Crippen molar-refractivity contribution in [3.63, 3.8) is 0 Å². The SMILES string of the molecule is CCNC(=NCCCc1cccc(F)c1)NC1CCN(CCOC)CC1.I. The van der Waals surface area contributed by atoms with Crippen LogP contribution in [-0.2, 0) is 11.2 Å². The predicted octanol–water partition coefficient (Wildman–Crippen LogP) is 3.04. The third-order valence-electron chi connectivity index (χ3n) is 4.67. The van der Waals surface area contributed by atoms with Gasteiger partial charge in [0.25, 0.3) is 0 Å². The van der Waals surface area contributed by atoms with Gasteiger partial charge in [-0.3, -0.25) is 4.99 Å². The zero-order chi connectivity index (χ0) is 18.6. The summed E-state index contributed by atoms with van der Waals surface area (Å²) in [4.78, 5) is 7.13. The molecular formula is C20H34FIN4O. The van der Waals surface area contributed by atoms with Crippen LogP contribution < -0.4 is 10.6 Å². The maximum Gasteiger partial charge on any atom is 0.191 e. The van der Waals surface area contributed by atoms with Crippen LogP contribution in [0.15, 0.2) is 29.3 Å². The first-order valence-electron chi connectivity index (χ1n) is 9.72. The van der Waals surface area contributed by atoms with E-state index >= 15 is 0 Å². The van der Waals surface area contributed by atoms with Crippen LogP contribution in [0.1, 0.15) is 31.7 Å². The molecule has 2 rings (SSSR count). The van der Waals surface area contributed by atoms with E-state index in [1.54, 1.807) is 19.2 Å². The average Bonchev–Trinajstić information content (AvgIpc) is 2.65. The molecule has 1 aromatic carbocycles. The second kappa shape index (κ2) is 14.1. The summed E-state index contributed by atoms with van der Waals surface area (Å²) in [6, 6.07) is 7.28. The minimum atomic E-state index is -0.169. The fourth-order valence-electron chi connectivity index (χ4n) is 3.20. The molecule has 0 spiro atoms. The number of guanidine groups is 1. The number of ether oxygens (including phenoxy) is 1. The van der Waals surface area contributed by atoms with Crippen LogP contribution in [0.4, 0.5) is 4.39 Å². The van der Waals surface area contributed by atoms with Crippen LogP contribution in [0, 0.1) is 5.82 Å². The molecule has 2 N–H and O–H groups in total. The summed E-state index contributed by atoms with van der Waals surface area (Å²) in [6.07, 6.45) is 4.00. The van der Waals surface area contributed by atoms with Crippen molar-refractivity contribution >= 4 is 29.9 Å². The quantitative estimate of drug-likeness (QED) is 0.241. The van der Waals surface area contributed by atoms with Crippen molar-refractivity contribution in [2.45, 2.75) is 38.6 Å². The lowest BCUT2D eigenvalue weighted by atomic mass is 10.1. The van der Waals surface area contributed by atoms with Gasteiger partial charge in [0.15, 0.2) is 5.96 Å². The molecule has 0 unspecified atom stereocenters. The molecule has 0 aliphatic carbocycles. The molecular weight excluding hydrogens is 458 g/mol. The van der Waals surface area contributed by atoms with Crippen molar-refractivity contribution in [3.05, 3.63) is 35.6 Å². The number of aryl methyl sites for hydroxylation is 1. The Morgan fingerprint density at radius 1 is 1.33 bits per heavy atom. The van der Waals surface area contributed by atoms with E-state index in [0.29, 0.717) is 6.04 Å². The molecule has 1 aliphatic rings. The minimum Gasteiger partial charge on any atom is -0.383 e. The molecule has 0 atom stereocenters. The summed E-state index contributed by atoms with van der Waals surface area (Å²) in [6.45, 7) is 7.67. The van der Waals surface area contributed by atoms with E-state index in [1.807, 2.05) is 6.07 Å². The maximum absolute atomic E-state index is 13.2. The van der Waals surface area contributed by atoms with Crippen molar-refractivity contribution < 1.29 is 9.13 Å². The van der Waals surface area contributed by atoms with Gasteiger partial charge in [0.1, 0.15) is 5.82 Å². The molecule has 1 heterocycles. The third-order valence-corrected chi connectivity index (χ3v) is 4.67. The number of hydrogen-bond donors (Lipinski definition) is 2. The summed E-state index contributed by atoms with van der Waals surface area (Å²) >= 11 is 0. The molecule has 1 aliphatic heterocycles. The first-order valence-corrected chi connectivity index (χ1v) is 9.72. The Kier molecular flexibility index (Phi) is 12.6. The number of likely N-dealkylation sites (tertiary alicyclic amines) is 1. The molecule has 1 saturated heterocycles. The molecule has 5 nitrogen and oxygen atoms in total. The van der Waals surface area contributed by atoms with Crippen LogP contribution >= 0.6 is 24.0 Å². The van der Waals surface area contributed by atoms with Gasteiger partial charge in [-0.05, 0) is 50.3 Å². The molecule has 0 bridgehead atoms. The fraction of sp³-hybridized carbons (Fsp3) is 0.650. The smallest absolute Gasteiger partial charge is 0.191 e. The Labute approximate surface area is 180 Å². The highest BCUT2D eigenvalue weighted by Gasteiger charge is 2.19. The summed E-state index contributed by atoms with van der Waals surface area (Å²) < 4.78 is 18.4. The second-order valence-corrected chi connectivity index (χ2v) is 6.75. The Balaban J connectivity index is 0.00000364. The van der Waals surface area contributed by atoms with Crippen LogP contribution in [0.5, 0.6) is 0 Å². The molecule has 27 heavy (non-hydrogen) atoms. The summed E-state index contributed by atoms with van der Waals surface area (Å²) in [7, 11) is 1.75. The number of methoxy groups -OCH3 is 1. The lowest BCUT2D eigenvalue weighted by molar-refractivity contribution is 0.128. The van der Waals surface area contributed by atoms with E-state index in [-0.39, 0.29) is 29.8 Å². The van der Waals surface area contributed by atoms with Gasteiger partial charge in [-0.1, -0.05) is 12.1 Å². The van der Waals surface area contributed by atoms with Crippen molar-refractivity contribution in [1.29, 1.82) is 0 Å². The first kappa shape index (κ1) is 24.1. The largest absolute Gasteiger partial charge is 0.383 e. The zero-order valence-corrected chi connectivity index (χ0v) is 18.9. The number of nitrogens with one attached hydrogen (secondary N) is 2. The van der Waals surface area contributed by atoms with Gasteiger partial charge in [-0.25, -0.2) is 4.39 Å². The molecule has 7 heteroatoms. The minimum absolute atomic E-state index is 0. The van der Waals surface area contributed by atoms with E-state index in [2.05, 4.69) is 27.4 Å². The predicted molar refractivity (Wildman–Crippen MR) is 121 cm³/mol. The van der Waals surface area contributed by atoms with Gasteiger partial charge >= 0.3 is 0 Å². The first-order chi connectivity index (χ1) is 12.7. The molecule has 1 aromatic rings. The fourth-order valence-corrected chi connectivity index (χ4v) is 3.20. The second-order valence-electron chi connectivity index (χ2n) is 6.75. The summed E-state index contributed by atoms with van der Waals surface area (Å²) in [5, 5.41) is 6.89. The van der Waals surface area contributed by atoms with E-state index in [9.17, 15) is 4.39 Å². The van der Waals surface area contributed by atoms with Gasteiger partial charge in [0.05, 0.1) is 6.61 Å². The molecule has 0 amide bonds. The summed E-state index contributed by atoms with van der Waals surface area (Å²) in [5.41, 5.74) is 1.03. The van der Waals surface area contributed by atoms with Crippen LogP contribution in [0.2, 0.25) is 0 Å². The third kappa shape index (κ3) is 9.71. The lowest BCUT2D eigenvalue weighted by Gasteiger charge is -2.32. The number of benzene rings is 1. The lowest BCUT2D eigenvalue weighted by Crippen LogP contribution is -2.49. The van der Waals surface area contributed by atoms with Gasteiger partial charge in [-0.15, -0.1) is 24.0 Å². The number of aliphatic imine (C=N–C) groups is 1. The van der Waals surface area contributed by atoms with Crippen LogP contribution in [0.3, 0.4) is 0 Å². The van der Waals surface area contributed by atoms with Crippen molar-refractivity contribution in [3.8, 4) is 0 Å². The van der Waals surface area contributed by atoms with Crippen molar-refractivity contribution in [2.24, 2.45) is 4.99 Å². The number of halogens is 2. The van der Waals surface area contributed by atoms with Gasteiger partial charge in [0, 0.05) is 45.9 Å². The zero-order valence-electron chi connectivity index (χ0n) is 16.5. The standard InChI is InChI=1S/C20H33FN4O.HI/c1-3-22-20(23-11-5-7-17-6-4-8-18(21)16-17)24-19-9-12-25(13-10-19)14-15-26-2;/h4,6,8,16,19H,3,5,7,9-15H2,1-2H3,(H2,22,23,24);1H.